The van der Waals surface area contributed by atoms with Gasteiger partial charge in [-0.25, -0.2) is 9.97 Å². The van der Waals surface area contributed by atoms with Crippen LogP contribution in [0.2, 0.25) is 0 Å². The van der Waals surface area contributed by atoms with Crippen molar-refractivity contribution < 1.29 is 9.53 Å². The SMILES string of the molecule is CN(C)C(=O)C1=CC=CC2Oc3ccc(N)c(-c4ncccn4)c3C2=C1. The molecule has 0 saturated heterocycles. The van der Waals surface area contributed by atoms with Crippen molar-refractivity contribution >= 4 is 17.2 Å². The molecule has 1 aliphatic heterocycles. The number of nitrogens with zero attached hydrogens (tertiary/aromatic N) is 3. The Morgan fingerprint density at radius 3 is 2.69 bits per heavy atom. The first-order valence-electron chi connectivity index (χ1n) is 8.25. The number of amides is 1. The van der Waals surface area contributed by atoms with Gasteiger partial charge in [0.05, 0.1) is 5.56 Å². The van der Waals surface area contributed by atoms with E-state index in [0.29, 0.717) is 22.8 Å². The molecule has 0 saturated carbocycles. The number of rotatable bonds is 2. The molecular weight excluding hydrogens is 328 g/mol. The second kappa shape index (κ2) is 6.15. The summed E-state index contributed by atoms with van der Waals surface area (Å²) >= 11 is 0. The first-order chi connectivity index (χ1) is 12.6. The molecule has 0 spiro atoms. The Kier molecular flexibility index (Phi) is 3.80. The lowest BCUT2D eigenvalue weighted by molar-refractivity contribution is -0.124. The number of hydrogen-bond donors (Lipinski definition) is 1. The average molecular weight is 346 g/mol. The third kappa shape index (κ3) is 2.56. The molecule has 26 heavy (non-hydrogen) atoms. The van der Waals surface area contributed by atoms with Crippen LogP contribution < -0.4 is 10.5 Å². The van der Waals surface area contributed by atoms with Gasteiger partial charge in [-0.15, -0.1) is 0 Å². The van der Waals surface area contributed by atoms with Crippen molar-refractivity contribution in [3.8, 4) is 17.1 Å². The van der Waals surface area contributed by atoms with Crippen molar-refractivity contribution in [3.05, 3.63) is 66.0 Å². The number of likely N-dealkylation sites (N-methyl/N-ethyl adjacent to an activating group) is 1. The van der Waals surface area contributed by atoms with Gasteiger partial charge >= 0.3 is 0 Å². The van der Waals surface area contributed by atoms with Gasteiger partial charge < -0.3 is 15.4 Å². The lowest BCUT2D eigenvalue weighted by Gasteiger charge is -2.13. The molecule has 1 amide bonds. The maximum absolute atomic E-state index is 12.5. The summed E-state index contributed by atoms with van der Waals surface area (Å²) < 4.78 is 6.07. The van der Waals surface area contributed by atoms with Gasteiger partial charge in [0.25, 0.3) is 5.91 Å². The van der Waals surface area contributed by atoms with E-state index >= 15 is 0 Å². The third-order valence-corrected chi connectivity index (χ3v) is 4.36. The van der Waals surface area contributed by atoms with E-state index in [1.165, 1.54) is 0 Å². The quantitative estimate of drug-likeness (QED) is 0.845. The maximum Gasteiger partial charge on any atom is 0.253 e. The molecule has 1 atom stereocenters. The lowest BCUT2D eigenvalue weighted by Crippen LogP contribution is -2.23. The van der Waals surface area contributed by atoms with E-state index in [1.54, 1.807) is 49.6 Å². The van der Waals surface area contributed by atoms with E-state index in [-0.39, 0.29) is 12.0 Å². The van der Waals surface area contributed by atoms with Crippen LogP contribution in [0.5, 0.6) is 5.75 Å². The van der Waals surface area contributed by atoms with Crippen LogP contribution in [0.15, 0.2) is 60.5 Å². The first-order valence-corrected chi connectivity index (χ1v) is 8.25. The topological polar surface area (TPSA) is 81.3 Å². The maximum atomic E-state index is 12.5. The standard InChI is InChI=1S/C20H18N4O2/c1-24(2)20(25)12-5-3-6-15-13(11-12)17-16(26-15)8-7-14(21)18(17)19-22-9-4-10-23-19/h3-11,15H,21H2,1-2H3. The van der Waals surface area contributed by atoms with Crippen LogP contribution in [0.3, 0.4) is 0 Å². The Balaban J connectivity index is 1.92. The largest absolute Gasteiger partial charge is 0.481 e. The van der Waals surface area contributed by atoms with Crippen molar-refractivity contribution in [2.75, 3.05) is 19.8 Å². The van der Waals surface area contributed by atoms with E-state index in [4.69, 9.17) is 10.5 Å². The van der Waals surface area contributed by atoms with Crippen LogP contribution >= 0.6 is 0 Å². The summed E-state index contributed by atoms with van der Waals surface area (Å²) in [5.41, 5.74) is 9.86. The lowest BCUT2D eigenvalue weighted by atomic mass is 9.94. The molecule has 6 nitrogen and oxygen atoms in total. The van der Waals surface area contributed by atoms with Crippen molar-refractivity contribution in [2.24, 2.45) is 0 Å². The van der Waals surface area contributed by atoms with Crippen molar-refractivity contribution in [1.82, 2.24) is 14.9 Å². The van der Waals surface area contributed by atoms with Gasteiger partial charge in [-0.3, -0.25) is 4.79 Å². The number of aromatic nitrogens is 2. The Morgan fingerprint density at radius 1 is 1.19 bits per heavy atom. The summed E-state index contributed by atoms with van der Waals surface area (Å²) in [5, 5.41) is 0. The Bertz CT molecular complexity index is 975. The minimum Gasteiger partial charge on any atom is -0.481 e. The van der Waals surface area contributed by atoms with Crippen LogP contribution in [0.4, 0.5) is 5.69 Å². The number of hydrogen-bond acceptors (Lipinski definition) is 5. The Labute approximate surface area is 151 Å². The Hall–Kier alpha value is -3.41. The summed E-state index contributed by atoms with van der Waals surface area (Å²) in [7, 11) is 3.46. The number of nitrogen functional groups attached to an aromatic ring is 1. The molecule has 2 aromatic rings. The highest BCUT2D eigenvalue weighted by atomic mass is 16.5. The number of fused-ring (bicyclic) bond motifs is 3. The average Bonchev–Trinajstić information content (AvgIpc) is 2.84. The minimum absolute atomic E-state index is 0.0716. The van der Waals surface area contributed by atoms with Crippen LogP contribution in [0, 0.1) is 0 Å². The fraction of sp³-hybridized carbons (Fsp3) is 0.150. The molecule has 4 rings (SSSR count). The van der Waals surface area contributed by atoms with E-state index in [0.717, 1.165) is 16.7 Å². The van der Waals surface area contributed by atoms with Gasteiger partial charge in [-0.1, -0.05) is 6.08 Å². The molecule has 130 valence electrons. The van der Waals surface area contributed by atoms with Crippen molar-refractivity contribution in [1.29, 1.82) is 0 Å². The molecule has 2 aliphatic rings. The first kappa shape index (κ1) is 16.1. The normalized spacial score (nSPS) is 17.4. The zero-order valence-corrected chi connectivity index (χ0v) is 14.5. The summed E-state index contributed by atoms with van der Waals surface area (Å²) in [6.07, 6.45) is 10.5. The number of anilines is 1. The zero-order valence-electron chi connectivity index (χ0n) is 14.5. The highest BCUT2D eigenvalue weighted by molar-refractivity contribution is 6.02. The molecule has 0 radical (unpaired) electrons. The highest BCUT2D eigenvalue weighted by Crippen LogP contribution is 2.46. The third-order valence-electron chi connectivity index (χ3n) is 4.36. The molecule has 2 N–H and O–H groups in total. The molecule has 1 aromatic heterocycles. The van der Waals surface area contributed by atoms with Crippen LogP contribution in [0.1, 0.15) is 5.56 Å². The number of allylic oxidation sites excluding steroid dienone is 2. The van der Waals surface area contributed by atoms with E-state index in [1.807, 2.05) is 24.3 Å². The summed E-state index contributed by atoms with van der Waals surface area (Å²) in [4.78, 5) is 22.7. The zero-order chi connectivity index (χ0) is 18.3. The van der Waals surface area contributed by atoms with Crippen molar-refractivity contribution in [2.45, 2.75) is 6.10 Å². The summed E-state index contributed by atoms with van der Waals surface area (Å²) in [6, 6.07) is 5.39. The van der Waals surface area contributed by atoms with Crippen LogP contribution in [-0.2, 0) is 4.79 Å². The second-order valence-electron chi connectivity index (χ2n) is 6.32. The molecular formula is C20H18N4O2. The van der Waals surface area contributed by atoms with Gasteiger partial charge in [-0.05, 0) is 36.4 Å². The smallest absolute Gasteiger partial charge is 0.253 e. The summed E-state index contributed by atoms with van der Waals surface area (Å²) in [6.45, 7) is 0. The number of carbonyl (C=O) groups is 1. The van der Waals surface area contributed by atoms with Gasteiger partial charge in [0.2, 0.25) is 0 Å². The fourth-order valence-electron chi connectivity index (χ4n) is 3.16. The molecule has 1 aromatic carbocycles. The molecule has 6 heteroatoms. The van der Waals surface area contributed by atoms with E-state index in [9.17, 15) is 4.79 Å². The van der Waals surface area contributed by atoms with Crippen LogP contribution in [-0.4, -0.2) is 41.0 Å². The predicted octanol–water partition coefficient (Wildman–Crippen LogP) is 2.45. The fourth-order valence-corrected chi connectivity index (χ4v) is 3.16. The summed E-state index contributed by atoms with van der Waals surface area (Å²) in [5.74, 6) is 1.17. The molecule has 1 unspecified atom stereocenters. The number of carbonyl (C=O) groups excluding carboxylic acids is 1. The molecule has 0 bridgehead atoms. The molecule has 2 heterocycles. The molecule has 1 aliphatic carbocycles. The second-order valence-corrected chi connectivity index (χ2v) is 6.32. The van der Waals surface area contributed by atoms with E-state index < -0.39 is 0 Å². The Morgan fingerprint density at radius 2 is 1.96 bits per heavy atom. The predicted molar refractivity (Wildman–Crippen MR) is 100 cm³/mol. The van der Waals surface area contributed by atoms with E-state index in [2.05, 4.69) is 9.97 Å². The van der Waals surface area contributed by atoms with Gasteiger partial charge in [0, 0.05) is 48.9 Å². The minimum atomic E-state index is -0.280. The number of nitrogens with two attached hydrogens (primary N) is 1. The number of ether oxygens (including phenoxy) is 1. The van der Waals surface area contributed by atoms with Crippen molar-refractivity contribution in [3.63, 3.8) is 0 Å². The van der Waals surface area contributed by atoms with Gasteiger partial charge in [0.1, 0.15) is 11.9 Å². The monoisotopic (exact) mass is 346 g/mol. The number of benzene rings is 1. The van der Waals surface area contributed by atoms with Gasteiger partial charge in [0.15, 0.2) is 5.82 Å². The molecule has 0 fully saturated rings. The van der Waals surface area contributed by atoms with Crippen LogP contribution in [0.25, 0.3) is 17.0 Å². The highest BCUT2D eigenvalue weighted by Gasteiger charge is 2.33. The van der Waals surface area contributed by atoms with Gasteiger partial charge in [-0.2, -0.15) is 0 Å².